The standard InChI is InChI=1S/2C21H17N3O3.C2H6O.CH4/c2*1-26-20-8-16(12-25)19(11-23-20)27-13-18-17-5-3-2-4-14(17)10-24-21(18)15-6-7-22-9-15;1-2-3;/h2*2-8,10-12H,9,13H2,1H3;3H,2H2,1H3;1H4. The van der Waals surface area contributed by atoms with E-state index in [0.29, 0.717) is 47.5 Å². The van der Waals surface area contributed by atoms with E-state index in [1.165, 1.54) is 26.6 Å². The number of carbonyl (C=O) groups excluding carboxylic acids is 2. The molecule has 296 valence electrons. The Hall–Kier alpha value is -7.12. The lowest BCUT2D eigenvalue weighted by atomic mass is 10.0. The molecule has 4 aromatic heterocycles. The zero-order valence-electron chi connectivity index (χ0n) is 31.7. The van der Waals surface area contributed by atoms with Crippen molar-refractivity contribution in [2.75, 3.05) is 33.9 Å². The number of nitrogens with zero attached hydrogens (tertiary/aromatic N) is 6. The van der Waals surface area contributed by atoms with Gasteiger partial charge < -0.3 is 24.1 Å². The Balaban J connectivity index is 0.000000204. The lowest BCUT2D eigenvalue weighted by molar-refractivity contribution is 0.111. The molecule has 8 rings (SSSR count). The van der Waals surface area contributed by atoms with E-state index in [1.807, 2.05) is 73.1 Å². The highest BCUT2D eigenvalue weighted by Crippen LogP contribution is 2.31. The van der Waals surface area contributed by atoms with Gasteiger partial charge in [0.25, 0.3) is 0 Å². The molecule has 58 heavy (non-hydrogen) atoms. The molecule has 0 bridgehead atoms. The number of fused-ring (bicyclic) bond motifs is 2. The van der Waals surface area contributed by atoms with Gasteiger partial charge in [-0.15, -0.1) is 0 Å². The third-order valence-electron chi connectivity index (χ3n) is 8.86. The Morgan fingerprint density at radius 3 is 1.41 bits per heavy atom. The van der Waals surface area contributed by atoms with E-state index >= 15 is 0 Å². The molecule has 0 fully saturated rings. The van der Waals surface area contributed by atoms with Gasteiger partial charge in [-0.2, -0.15) is 0 Å². The fourth-order valence-corrected chi connectivity index (χ4v) is 6.12. The average molecular weight is 781 g/mol. The van der Waals surface area contributed by atoms with Gasteiger partial charge in [0.1, 0.15) is 24.7 Å². The van der Waals surface area contributed by atoms with Crippen LogP contribution in [0.25, 0.3) is 32.7 Å². The van der Waals surface area contributed by atoms with Crippen LogP contribution in [-0.2, 0) is 13.2 Å². The number of hydrogen-bond donors (Lipinski definition) is 1. The maximum atomic E-state index is 11.4. The molecule has 2 aliphatic rings. The largest absolute Gasteiger partial charge is 0.486 e. The first-order chi connectivity index (χ1) is 28.0. The van der Waals surface area contributed by atoms with Gasteiger partial charge in [0.05, 0.1) is 62.2 Å². The molecule has 13 heteroatoms. The van der Waals surface area contributed by atoms with Crippen LogP contribution in [0.15, 0.2) is 108 Å². The number of rotatable bonds is 12. The molecule has 0 atom stereocenters. The second-order valence-electron chi connectivity index (χ2n) is 12.4. The van der Waals surface area contributed by atoms with Crippen molar-refractivity contribution in [3.05, 3.63) is 131 Å². The van der Waals surface area contributed by atoms with Crippen LogP contribution in [0, 0.1) is 0 Å². The summed E-state index contributed by atoms with van der Waals surface area (Å²) in [5.74, 6) is 1.54. The van der Waals surface area contributed by atoms with E-state index in [4.69, 9.17) is 24.1 Å². The van der Waals surface area contributed by atoms with Gasteiger partial charge in [0, 0.05) is 76.6 Å². The summed E-state index contributed by atoms with van der Waals surface area (Å²) in [6.45, 7) is 3.65. The molecule has 1 N–H and O–H groups in total. The average Bonchev–Trinajstić information content (AvgIpc) is 4.01. The SMILES string of the molecule is C.CCO.COc1cc(C=O)c(OCc2c(C3=CC=NC3)ncc3ccccc23)cn1.COc1cc(C=O)c(OCc2c(C3=CC=NC3)ncc3ccccc23)cn1. The summed E-state index contributed by atoms with van der Waals surface area (Å²) in [6, 6.07) is 19.2. The molecule has 0 amide bonds. The van der Waals surface area contributed by atoms with Crippen molar-refractivity contribution >= 4 is 57.7 Å². The molecule has 0 aliphatic carbocycles. The molecule has 6 heterocycles. The Labute approximate surface area is 336 Å². The normalized spacial score (nSPS) is 12.3. The van der Waals surface area contributed by atoms with Gasteiger partial charge in [-0.25, -0.2) is 9.97 Å². The smallest absolute Gasteiger partial charge is 0.213 e. The number of aromatic nitrogens is 4. The fraction of sp³-hybridized carbons (Fsp3) is 0.200. The molecule has 0 radical (unpaired) electrons. The van der Waals surface area contributed by atoms with Gasteiger partial charge in [-0.1, -0.05) is 56.0 Å². The number of pyridine rings is 4. The number of methoxy groups -OCH3 is 2. The highest BCUT2D eigenvalue weighted by molar-refractivity contribution is 5.95. The van der Waals surface area contributed by atoms with Crippen LogP contribution < -0.4 is 18.9 Å². The minimum Gasteiger partial charge on any atom is -0.486 e. The van der Waals surface area contributed by atoms with Crippen LogP contribution in [0.2, 0.25) is 0 Å². The van der Waals surface area contributed by atoms with Crippen LogP contribution in [0.5, 0.6) is 23.3 Å². The summed E-state index contributed by atoms with van der Waals surface area (Å²) in [5, 5.41) is 11.7. The summed E-state index contributed by atoms with van der Waals surface area (Å²) >= 11 is 0. The van der Waals surface area contributed by atoms with Gasteiger partial charge in [-0.3, -0.25) is 29.5 Å². The van der Waals surface area contributed by atoms with Gasteiger partial charge in [-0.05, 0) is 29.8 Å². The molecular formula is C45H44N6O7. The summed E-state index contributed by atoms with van der Waals surface area (Å²) in [7, 11) is 3.01. The highest BCUT2D eigenvalue weighted by Gasteiger charge is 2.18. The monoisotopic (exact) mass is 780 g/mol. The van der Waals surface area contributed by atoms with E-state index in [1.54, 1.807) is 31.5 Å². The number of allylic oxidation sites excluding steroid dienone is 2. The predicted octanol–water partition coefficient (Wildman–Crippen LogP) is 7.63. The second kappa shape index (κ2) is 20.7. The molecule has 0 unspecified atom stereocenters. The summed E-state index contributed by atoms with van der Waals surface area (Å²) < 4.78 is 22.1. The number of carbonyl (C=O) groups is 2. The van der Waals surface area contributed by atoms with Crippen molar-refractivity contribution in [1.29, 1.82) is 0 Å². The molecular weight excluding hydrogens is 737 g/mol. The Bertz CT molecular complexity index is 2340. The number of aliphatic hydroxyl groups excluding tert-OH is 1. The quantitative estimate of drug-likeness (QED) is 0.121. The second-order valence-corrected chi connectivity index (χ2v) is 12.4. The number of benzene rings is 2. The third-order valence-corrected chi connectivity index (χ3v) is 8.86. The van der Waals surface area contributed by atoms with E-state index in [2.05, 4.69) is 29.9 Å². The molecule has 0 saturated carbocycles. The maximum Gasteiger partial charge on any atom is 0.213 e. The summed E-state index contributed by atoms with van der Waals surface area (Å²) in [4.78, 5) is 48.8. The minimum absolute atomic E-state index is 0. The van der Waals surface area contributed by atoms with Gasteiger partial charge in [0.2, 0.25) is 11.8 Å². The molecule has 0 spiro atoms. The van der Waals surface area contributed by atoms with Gasteiger partial charge >= 0.3 is 0 Å². The third kappa shape index (κ3) is 9.81. The molecule has 0 saturated heterocycles. The van der Waals surface area contributed by atoms with E-state index in [0.717, 1.165) is 67.8 Å². The number of aliphatic hydroxyl groups is 1. The van der Waals surface area contributed by atoms with Crippen molar-refractivity contribution in [2.24, 2.45) is 9.98 Å². The molecule has 2 aliphatic heterocycles. The zero-order valence-corrected chi connectivity index (χ0v) is 31.7. The van der Waals surface area contributed by atoms with Crippen molar-refractivity contribution in [2.45, 2.75) is 27.6 Å². The van der Waals surface area contributed by atoms with E-state index in [-0.39, 0.29) is 27.2 Å². The fourth-order valence-electron chi connectivity index (χ4n) is 6.12. The van der Waals surface area contributed by atoms with E-state index < -0.39 is 0 Å². The van der Waals surface area contributed by atoms with Crippen molar-refractivity contribution in [1.82, 2.24) is 19.9 Å². The summed E-state index contributed by atoms with van der Waals surface area (Å²) in [6.07, 6.45) is 15.7. The minimum atomic E-state index is 0. The predicted molar refractivity (Wildman–Crippen MR) is 227 cm³/mol. The van der Waals surface area contributed by atoms with E-state index in [9.17, 15) is 9.59 Å². The van der Waals surface area contributed by atoms with Crippen molar-refractivity contribution in [3.8, 4) is 23.3 Å². The lowest BCUT2D eigenvalue weighted by Crippen LogP contribution is -2.06. The van der Waals surface area contributed by atoms with Crippen molar-refractivity contribution < 1.29 is 33.6 Å². The zero-order chi connectivity index (χ0) is 40.0. The van der Waals surface area contributed by atoms with Crippen LogP contribution >= 0.6 is 0 Å². The Kier molecular flexibility index (Phi) is 15.0. The Morgan fingerprint density at radius 2 is 1.05 bits per heavy atom. The molecule has 6 aromatic rings. The van der Waals surface area contributed by atoms with Crippen LogP contribution in [0.3, 0.4) is 0 Å². The number of hydrogen-bond acceptors (Lipinski definition) is 13. The molecule has 2 aromatic carbocycles. The van der Waals surface area contributed by atoms with Crippen LogP contribution in [0.4, 0.5) is 0 Å². The summed E-state index contributed by atoms with van der Waals surface area (Å²) in [5.41, 5.74) is 6.50. The Morgan fingerprint density at radius 1 is 0.638 bits per heavy atom. The maximum absolute atomic E-state index is 11.4. The number of ether oxygens (including phenoxy) is 4. The first-order valence-electron chi connectivity index (χ1n) is 18.0. The first kappa shape index (κ1) is 42.0. The van der Waals surface area contributed by atoms with Gasteiger partial charge in [0.15, 0.2) is 12.6 Å². The highest BCUT2D eigenvalue weighted by atomic mass is 16.5. The first-order valence-corrected chi connectivity index (χ1v) is 18.0. The number of aliphatic imine (C=N–C) groups is 2. The van der Waals surface area contributed by atoms with Crippen LogP contribution in [0.1, 0.15) is 57.6 Å². The lowest BCUT2D eigenvalue weighted by Gasteiger charge is -2.15. The van der Waals surface area contributed by atoms with Crippen molar-refractivity contribution in [3.63, 3.8) is 0 Å². The topological polar surface area (TPSA) is 168 Å². The number of aldehydes is 2. The molecule has 13 nitrogen and oxygen atoms in total. The van der Waals surface area contributed by atoms with Crippen LogP contribution in [-0.4, -0.2) is 84.0 Å².